The number of pyridine rings is 1. The summed E-state index contributed by atoms with van der Waals surface area (Å²) in [7, 11) is 1.68. The quantitative estimate of drug-likeness (QED) is 0.800. The van der Waals surface area contributed by atoms with Crippen molar-refractivity contribution in [1.29, 1.82) is 0 Å². The Morgan fingerprint density at radius 3 is 2.86 bits per heavy atom. The van der Waals surface area contributed by atoms with E-state index in [1.807, 2.05) is 24.3 Å². The van der Waals surface area contributed by atoms with Crippen molar-refractivity contribution in [3.63, 3.8) is 0 Å². The number of methoxy groups -OCH3 is 1. The fourth-order valence-electron chi connectivity index (χ4n) is 2.59. The molecule has 2 heterocycles. The van der Waals surface area contributed by atoms with E-state index in [0.29, 0.717) is 6.54 Å². The lowest BCUT2D eigenvalue weighted by atomic mass is 10.1. The van der Waals surface area contributed by atoms with E-state index in [1.165, 1.54) is 5.56 Å². The number of aromatic nitrogens is 2. The highest BCUT2D eigenvalue weighted by Crippen LogP contribution is 2.28. The Labute approximate surface area is 124 Å². The molecular weight excluding hydrogens is 262 g/mol. The number of fused-ring (bicyclic) bond motifs is 1. The Kier molecular flexibility index (Phi) is 3.62. The molecule has 2 N–H and O–H groups in total. The van der Waals surface area contributed by atoms with E-state index < -0.39 is 0 Å². The molecule has 2 aromatic heterocycles. The first-order valence-electron chi connectivity index (χ1n) is 7.05. The lowest BCUT2D eigenvalue weighted by molar-refractivity contribution is 0.415. The normalized spacial score (nSPS) is 11.0. The number of hydrogen-bond acceptors (Lipinski definition) is 3. The molecule has 0 unspecified atom stereocenters. The van der Waals surface area contributed by atoms with Gasteiger partial charge in [0.15, 0.2) is 0 Å². The predicted octanol–water partition coefficient (Wildman–Crippen LogP) is 2.82. The van der Waals surface area contributed by atoms with E-state index in [2.05, 4.69) is 29.7 Å². The van der Waals surface area contributed by atoms with Crippen LogP contribution in [0.1, 0.15) is 11.3 Å². The van der Waals surface area contributed by atoms with Gasteiger partial charge < -0.3 is 10.5 Å². The largest absolute Gasteiger partial charge is 0.497 e. The number of rotatable bonds is 4. The average Bonchev–Trinajstić information content (AvgIpc) is 2.85. The molecule has 21 heavy (non-hydrogen) atoms. The van der Waals surface area contributed by atoms with Crippen LogP contribution in [0.15, 0.2) is 42.6 Å². The van der Waals surface area contributed by atoms with Crippen LogP contribution in [-0.4, -0.2) is 23.0 Å². The molecule has 0 atom stereocenters. The van der Waals surface area contributed by atoms with Crippen molar-refractivity contribution in [3.05, 3.63) is 53.9 Å². The number of nitrogens with zero attached hydrogens (tertiary/aromatic N) is 2. The third-order valence-electron chi connectivity index (χ3n) is 3.56. The van der Waals surface area contributed by atoms with E-state index >= 15 is 0 Å². The van der Waals surface area contributed by atoms with E-state index in [0.717, 1.165) is 34.8 Å². The number of nitrogens with two attached hydrogens (primary N) is 1. The van der Waals surface area contributed by atoms with Gasteiger partial charge in [-0.15, -0.1) is 0 Å². The minimum absolute atomic E-state index is 0.583. The van der Waals surface area contributed by atoms with Crippen LogP contribution in [0.5, 0.6) is 5.75 Å². The lowest BCUT2D eigenvalue weighted by Crippen LogP contribution is -2.04. The van der Waals surface area contributed by atoms with E-state index in [-0.39, 0.29) is 0 Å². The summed E-state index contributed by atoms with van der Waals surface area (Å²) in [6.07, 6.45) is 2.87. The van der Waals surface area contributed by atoms with Crippen molar-refractivity contribution >= 4 is 5.65 Å². The van der Waals surface area contributed by atoms with Gasteiger partial charge in [0.1, 0.15) is 11.4 Å². The van der Waals surface area contributed by atoms with Crippen molar-refractivity contribution < 1.29 is 4.74 Å². The summed E-state index contributed by atoms with van der Waals surface area (Å²) in [5.41, 5.74) is 11.1. The SMILES string of the molecule is COc1cccc(-c2c(CCN)nc3ccc(C)cn23)c1. The van der Waals surface area contributed by atoms with Gasteiger partial charge in [-0.3, -0.25) is 4.40 Å². The Morgan fingerprint density at radius 1 is 1.24 bits per heavy atom. The first-order valence-corrected chi connectivity index (χ1v) is 7.05. The van der Waals surface area contributed by atoms with E-state index in [1.54, 1.807) is 7.11 Å². The molecule has 0 saturated heterocycles. The van der Waals surface area contributed by atoms with Gasteiger partial charge in [0.2, 0.25) is 0 Å². The zero-order valence-corrected chi connectivity index (χ0v) is 12.3. The second kappa shape index (κ2) is 5.58. The molecule has 0 amide bonds. The van der Waals surface area contributed by atoms with E-state index in [9.17, 15) is 0 Å². The maximum absolute atomic E-state index is 5.74. The van der Waals surface area contributed by atoms with Gasteiger partial charge in [0.25, 0.3) is 0 Å². The number of hydrogen-bond donors (Lipinski definition) is 1. The van der Waals surface area contributed by atoms with Crippen LogP contribution in [0.2, 0.25) is 0 Å². The van der Waals surface area contributed by atoms with Crippen LogP contribution >= 0.6 is 0 Å². The molecule has 4 nitrogen and oxygen atoms in total. The fraction of sp³-hybridized carbons (Fsp3) is 0.235. The second-order valence-corrected chi connectivity index (χ2v) is 5.11. The van der Waals surface area contributed by atoms with Gasteiger partial charge >= 0.3 is 0 Å². The van der Waals surface area contributed by atoms with Gasteiger partial charge in [0, 0.05) is 18.2 Å². The minimum Gasteiger partial charge on any atom is -0.497 e. The Balaban J connectivity index is 2.26. The van der Waals surface area contributed by atoms with Crippen LogP contribution in [0.25, 0.3) is 16.9 Å². The summed E-state index contributed by atoms with van der Waals surface area (Å²) in [5.74, 6) is 0.841. The minimum atomic E-state index is 0.583. The fourth-order valence-corrected chi connectivity index (χ4v) is 2.59. The topological polar surface area (TPSA) is 52.5 Å². The average molecular weight is 281 g/mol. The molecule has 108 valence electrons. The molecule has 0 radical (unpaired) electrons. The number of ether oxygens (including phenoxy) is 1. The van der Waals surface area contributed by atoms with Crippen LogP contribution in [0, 0.1) is 6.92 Å². The number of imidazole rings is 1. The second-order valence-electron chi connectivity index (χ2n) is 5.11. The monoisotopic (exact) mass is 281 g/mol. The maximum atomic E-state index is 5.74. The Hall–Kier alpha value is -2.33. The third kappa shape index (κ3) is 2.50. The lowest BCUT2D eigenvalue weighted by Gasteiger charge is -2.07. The highest BCUT2D eigenvalue weighted by molar-refractivity contribution is 5.69. The molecule has 0 bridgehead atoms. The van der Waals surface area contributed by atoms with Gasteiger partial charge in [-0.1, -0.05) is 18.2 Å². The van der Waals surface area contributed by atoms with Gasteiger partial charge in [-0.25, -0.2) is 4.98 Å². The molecule has 0 aliphatic heterocycles. The molecule has 0 spiro atoms. The Bertz CT molecular complexity index is 777. The van der Waals surface area contributed by atoms with Crippen molar-refractivity contribution in [3.8, 4) is 17.0 Å². The predicted molar refractivity (Wildman–Crippen MR) is 84.7 cm³/mol. The molecule has 1 aromatic carbocycles. The zero-order chi connectivity index (χ0) is 14.8. The molecule has 3 rings (SSSR count). The molecule has 0 fully saturated rings. The summed E-state index contributed by atoms with van der Waals surface area (Å²) in [6.45, 7) is 2.66. The highest BCUT2D eigenvalue weighted by atomic mass is 16.5. The van der Waals surface area contributed by atoms with Crippen LogP contribution in [0.3, 0.4) is 0 Å². The first-order chi connectivity index (χ1) is 10.2. The van der Waals surface area contributed by atoms with Gasteiger partial charge in [0.05, 0.1) is 18.5 Å². The molecule has 3 aromatic rings. The first kappa shape index (κ1) is 13.6. The van der Waals surface area contributed by atoms with Crippen LogP contribution in [-0.2, 0) is 6.42 Å². The standard InChI is InChI=1S/C17H19N3O/c1-12-6-7-16-19-15(8-9-18)17(20(16)11-12)13-4-3-5-14(10-13)21-2/h3-7,10-11H,8-9,18H2,1-2H3. The Morgan fingerprint density at radius 2 is 2.10 bits per heavy atom. The summed E-state index contributed by atoms with van der Waals surface area (Å²) in [4.78, 5) is 4.72. The molecular formula is C17H19N3O. The third-order valence-corrected chi connectivity index (χ3v) is 3.56. The summed E-state index contributed by atoms with van der Waals surface area (Å²) in [5, 5.41) is 0. The molecule has 0 aliphatic rings. The summed E-state index contributed by atoms with van der Waals surface area (Å²) < 4.78 is 7.47. The van der Waals surface area contributed by atoms with E-state index in [4.69, 9.17) is 15.5 Å². The maximum Gasteiger partial charge on any atom is 0.137 e. The summed E-state index contributed by atoms with van der Waals surface area (Å²) >= 11 is 0. The highest BCUT2D eigenvalue weighted by Gasteiger charge is 2.14. The smallest absolute Gasteiger partial charge is 0.137 e. The van der Waals surface area contributed by atoms with Gasteiger partial charge in [-0.2, -0.15) is 0 Å². The van der Waals surface area contributed by atoms with Crippen molar-refractivity contribution in [2.45, 2.75) is 13.3 Å². The van der Waals surface area contributed by atoms with Crippen molar-refractivity contribution in [1.82, 2.24) is 9.38 Å². The van der Waals surface area contributed by atoms with Gasteiger partial charge in [-0.05, 0) is 37.2 Å². The number of aryl methyl sites for hydroxylation is 1. The van der Waals surface area contributed by atoms with Crippen molar-refractivity contribution in [2.75, 3.05) is 13.7 Å². The molecule has 0 saturated carbocycles. The molecule has 0 aliphatic carbocycles. The molecule has 4 heteroatoms. The summed E-state index contributed by atoms with van der Waals surface area (Å²) in [6, 6.07) is 12.2. The van der Waals surface area contributed by atoms with Crippen LogP contribution < -0.4 is 10.5 Å². The zero-order valence-electron chi connectivity index (χ0n) is 12.3. The number of benzene rings is 1. The van der Waals surface area contributed by atoms with Crippen molar-refractivity contribution in [2.24, 2.45) is 5.73 Å². The van der Waals surface area contributed by atoms with Crippen LogP contribution in [0.4, 0.5) is 0 Å².